The molecule has 25 heavy (non-hydrogen) atoms. The van der Waals surface area contributed by atoms with E-state index in [0.717, 1.165) is 34.9 Å². The van der Waals surface area contributed by atoms with Crippen molar-refractivity contribution in [3.63, 3.8) is 0 Å². The van der Waals surface area contributed by atoms with Gasteiger partial charge in [0.05, 0.1) is 25.6 Å². The molecule has 0 N–H and O–H groups in total. The second-order valence-corrected chi connectivity index (χ2v) is 5.65. The SMILES string of the molecule is COc1ccc(/N=C(\Cc2ccccc2)c2ccc(OC)cc2)cc1. The van der Waals surface area contributed by atoms with Crippen LogP contribution in [-0.2, 0) is 6.42 Å². The van der Waals surface area contributed by atoms with Crippen molar-refractivity contribution in [1.82, 2.24) is 0 Å². The Kier molecular flexibility index (Phi) is 5.47. The Labute approximate surface area is 148 Å². The molecule has 126 valence electrons. The topological polar surface area (TPSA) is 30.8 Å². The van der Waals surface area contributed by atoms with Crippen molar-refractivity contribution >= 4 is 11.4 Å². The fourth-order valence-electron chi connectivity index (χ4n) is 2.59. The van der Waals surface area contributed by atoms with Crippen LogP contribution in [0.2, 0.25) is 0 Å². The van der Waals surface area contributed by atoms with Crippen molar-refractivity contribution in [3.8, 4) is 11.5 Å². The van der Waals surface area contributed by atoms with Crippen LogP contribution in [0, 0.1) is 0 Å². The number of hydrogen-bond donors (Lipinski definition) is 0. The first kappa shape index (κ1) is 16.8. The van der Waals surface area contributed by atoms with Gasteiger partial charge < -0.3 is 9.47 Å². The molecule has 0 aliphatic rings. The summed E-state index contributed by atoms with van der Waals surface area (Å²) in [5.41, 5.74) is 4.23. The van der Waals surface area contributed by atoms with E-state index in [1.165, 1.54) is 5.56 Å². The van der Waals surface area contributed by atoms with Gasteiger partial charge in [0.1, 0.15) is 11.5 Å². The molecular weight excluding hydrogens is 310 g/mol. The minimum absolute atomic E-state index is 0.763. The molecule has 0 spiro atoms. The predicted molar refractivity (Wildman–Crippen MR) is 102 cm³/mol. The van der Waals surface area contributed by atoms with Gasteiger partial charge >= 0.3 is 0 Å². The Balaban J connectivity index is 1.95. The standard InChI is InChI=1S/C22H21NO2/c1-24-20-12-8-18(9-13-20)22(16-17-6-4-3-5-7-17)23-19-10-14-21(25-2)15-11-19/h3-15H,16H2,1-2H3/b23-22+. The highest BCUT2D eigenvalue weighted by atomic mass is 16.5. The van der Waals surface area contributed by atoms with Crippen LogP contribution in [0.15, 0.2) is 83.9 Å². The fraction of sp³-hybridized carbons (Fsp3) is 0.136. The summed E-state index contributed by atoms with van der Waals surface area (Å²) in [6.45, 7) is 0. The van der Waals surface area contributed by atoms with Crippen molar-refractivity contribution in [2.24, 2.45) is 4.99 Å². The van der Waals surface area contributed by atoms with Crippen LogP contribution in [0.3, 0.4) is 0 Å². The molecule has 0 aromatic heterocycles. The van der Waals surface area contributed by atoms with Gasteiger partial charge in [0.25, 0.3) is 0 Å². The average molecular weight is 331 g/mol. The zero-order chi connectivity index (χ0) is 17.5. The lowest BCUT2D eigenvalue weighted by Gasteiger charge is -2.09. The van der Waals surface area contributed by atoms with Crippen molar-refractivity contribution in [2.45, 2.75) is 6.42 Å². The maximum atomic E-state index is 5.26. The summed E-state index contributed by atoms with van der Waals surface area (Å²) in [5.74, 6) is 1.67. The van der Waals surface area contributed by atoms with Crippen molar-refractivity contribution < 1.29 is 9.47 Å². The lowest BCUT2D eigenvalue weighted by Crippen LogP contribution is -2.05. The van der Waals surface area contributed by atoms with E-state index in [2.05, 4.69) is 12.1 Å². The van der Waals surface area contributed by atoms with Gasteiger partial charge in [0, 0.05) is 6.42 Å². The van der Waals surface area contributed by atoms with Gasteiger partial charge in [-0.2, -0.15) is 0 Å². The molecule has 0 unspecified atom stereocenters. The molecule has 3 aromatic rings. The van der Waals surface area contributed by atoms with Crippen LogP contribution < -0.4 is 9.47 Å². The molecule has 0 aliphatic carbocycles. The molecule has 0 amide bonds. The highest BCUT2D eigenvalue weighted by molar-refractivity contribution is 6.03. The third kappa shape index (κ3) is 4.48. The highest BCUT2D eigenvalue weighted by Gasteiger charge is 2.07. The van der Waals surface area contributed by atoms with E-state index in [9.17, 15) is 0 Å². The Morgan fingerprint density at radius 2 is 1.28 bits per heavy atom. The van der Waals surface area contributed by atoms with Gasteiger partial charge in [-0.1, -0.05) is 30.3 Å². The van der Waals surface area contributed by atoms with E-state index in [1.54, 1.807) is 14.2 Å². The van der Waals surface area contributed by atoms with Gasteiger partial charge in [0.15, 0.2) is 0 Å². The Morgan fingerprint density at radius 1 is 0.720 bits per heavy atom. The number of methoxy groups -OCH3 is 2. The molecule has 0 atom stereocenters. The Bertz CT molecular complexity index is 822. The first-order chi connectivity index (χ1) is 12.3. The number of rotatable bonds is 6. The monoisotopic (exact) mass is 331 g/mol. The smallest absolute Gasteiger partial charge is 0.119 e. The third-order valence-corrected chi connectivity index (χ3v) is 3.97. The lowest BCUT2D eigenvalue weighted by atomic mass is 10.0. The van der Waals surface area contributed by atoms with Crippen molar-refractivity contribution in [1.29, 1.82) is 0 Å². The molecule has 3 heteroatoms. The van der Waals surface area contributed by atoms with Gasteiger partial charge in [-0.05, 0) is 59.7 Å². The molecule has 0 saturated heterocycles. The van der Waals surface area contributed by atoms with E-state index in [1.807, 2.05) is 66.7 Å². The van der Waals surface area contributed by atoms with E-state index < -0.39 is 0 Å². The first-order valence-electron chi connectivity index (χ1n) is 8.18. The first-order valence-corrected chi connectivity index (χ1v) is 8.18. The quantitative estimate of drug-likeness (QED) is 0.591. The molecule has 0 bridgehead atoms. The molecule has 0 radical (unpaired) electrons. The van der Waals surface area contributed by atoms with E-state index in [4.69, 9.17) is 14.5 Å². The van der Waals surface area contributed by atoms with Crippen LogP contribution in [-0.4, -0.2) is 19.9 Å². The zero-order valence-corrected chi connectivity index (χ0v) is 14.5. The van der Waals surface area contributed by atoms with Gasteiger partial charge in [-0.15, -0.1) is 0 Å². The van der Waals surface area contributed by atoms with E-state index in [0.29, 0.717) is 0 Å². The van der Waals surface area contributed by atoms with Crippen LogP contribution in [0.25, 0.3) is 0 Å². The molecule has 3 nitrogen and oxygen atoms in total. The van der Waals surface area contributed by atoms with Crippen LogP contribution in [0.4, 0.5) is 5.69 Å². The molecular formula is C22H21NO2. The van der Waals surface area contributed by atoms with Gasteiger partial charge in [-0.3, -0.25) is 4.99 Å². The normalized spacial score (nSPS) is 11.2. The number of nitrogens with zero attached hydrogens (tertiary/aromatic N) is 1. The van der Waals surface area contributed by atoms with Crippen LogP contribution >= 0.6 is 0 Å². The number of hydrogen-bond acceptors (Lipinski definition) is 3. The minimum Gasteiger partial charge on any atom is -0.497 e. The minimum atomic E-state index is 0.763. The maximum absolute atomic E-state index is 5.26. The average Bonchev–Trinajstić information content (AvgIpc) is 2.69. The van der Waals surface area contributed by atoms with Crippen molar-refractivity contribution in [2.75, 3.05) is 14.2 Å². The maximum Gasteiger partial charge on any atom is 0.119 e. The van der Waals surface area contributed by atoms with Gasteiger partial charge in [0.2, 0.25) is 0 Å². The Hall–Kier alpha value is -3.07. The second kappa shape index (κ2) is 8.15. The van der Waals surface area contributed by atoms with E-state index >= 15 is 0 Å². The summed E-state index contributed by atoms with van der Waals surface area (Å²) < 4.78 is 10.5. The molecule has 3 aromatic carbocycles. The third-order valence-electron chi connectivity index (χ3n) is 3.97. The van der Waals surface area contributed by atoms with Crippen molar-refractivity contribution in [3.05, 3.63) is 90.0 Å². The summed E-state index contributed by atoms with van der Waals surface area (Å²) in [5, 5.41) is 0. The molecule has 3 rings (SSSR count). The van der Waals surface area contributed by atoms with Crippen LogP contribution in [0.1, 0.15) is 11.1 Å². The number of aliphatic imine (C=N–C) groups is 1. The highest BCUT2D eigenvalue weighted by Crippen LogP contribution is 2.21. The predicted octanol–water partition coefficient (Wildman–Crippen LogP) is 5.07. The summed E-state index contributed by atoms with van der Waals surface area (Å²) in [6.07, 6.45) is 0.763. The summed E-state index contributed by atoms with van der Waals surface area (Å²) in [6, 6.07) is 26.2. The number of benzene rings is 3. The summed E-state index contributed by atoms with van der Waals surface area (Å²) in [7, 11) is 3.34. The Morgan fingerprint density at radius 3 is 1.84 bits per heavy atom. The lowest BCUT2D eigenvalue weighted by molar-refractivity contribution is 0.414. The number of ether oxygens (including phenoxy) is 2. The summed E-state index contributed by atoms with van der Waals surface area (Å²) in [4.78, 5) is 4.88. The molecule has 0 saturated carbocycles. The van der Waals surface area contributed by atoms with Crippen LogP contribution in [0.5, 0.6) is 11.5 Å². The zero-order valence-electron chi connectivity index (χ0n) is 14.5. The fourth-order valence-corrected chi connectivity index (χ4v) is 2.59. The molecule has 0 heterocycles. The van der Waals surface area contributed by atoms with Gasteiger partial charge in [-0.25, -0.2) is 0 Å². The largest absolute Gasteiger partial charge is 0.497 e. The molecule has 0 fully saturated rings. The molecule has 0 aliphatic heterocycles. The second-order valence-electron chi connectivity index (χ2n) is 5.65. The summed E-state index contributed by atoms with van der Waals surface area (Å²) >= 11 is 0. The van der Waals surface area contributed by atoms with E-state index in [-0.39, 0.29) is 0 Å².